The second-order valence-corrected chi connectivity index (χ2v) is 13.2. The van der Waals surface area contributed by atoms with Crippen LogP contribution in [0.4, 0.5) is 0 Å². The SMILES string of the molecule is COCCN1CCC(C(=O)NOC2CCCCO2)([S+]([O-])c2ccc(OCCCc3cccc(-c4ccccc4)c3)cc2)CC1. The molecule has 2 fully saturated rings. The van der Waals surface area contributed by atoms with Gasteiger partial charge in [0.05, 0.1) is 13.2 Å². The number of amides is 1. The van der Waals surface area contributed by atoms with E-state index in [-0.39, 0.29) is 5.91 Å². The summed E-state index contributed by atoms with van der Waals surface area (Å²) in [5, 5.41) is 0. The molecule has 0 spiro atoms. The van der Waals surface area contributed by atoms with E-state index in [0.717, 1.165) is 44.4 Å². The van der Waals surface area contributed by atoms with Crippen molar-refractivity contribution in [1.29, 1.82) is 0 Å². The number of likely N-dealkylation sites (tertiary alicyclic amines) is 1. The van der Waals surface area contributed by atoms with E-state index in [0.29, 0.717) is 50.6 Å². The first-order valence-corrected chi connectivity index (χ1v) is 16.8. The summed E-state index contributed by atoms with van der Waals surface area (Å²) >= 11 is -1.59. The number of benzene rings is 3. The number of methoxy groups -OCH3 is 1. The Hall–Kier alpha value is -2.92. The fourth-order valence-corrected chi connectivity index (χ4v) is 7.36. The lowest BCUT2D eigenvalue weighted by molar-refractivity contribution is -0.202. The third kappa shape index (κ3) is 8.62. The summed E-state index contributed by atoms with van der Waals surface area (Å²) in [6.45, 7) is 3.88. The first-order valence-electron chi connectivity index (χ1n) is 15.7. The molecule has 0 bridgehead atoms. The van der Waals surface area contributed by atoms with Crippen molar-refractivity contribution in [2.75, 3.05) is 46.6 Å². The summed E-state index contributed by atoms with van der Waals surface area (Å²) in [5.41, 5.74) is 6.32. The van der Waals surface area contributed by atoms with Gasteiger partial charge in [0.25, 0.3) is 5.91 Å². The molecule has 2 aliphatic heterocycles. The summed E-state index contributed by atoms with van der Waals surface area (Å²) < 4.78 is 29.8. The Morgan fingerprint density at radius 1 is 1.00 bits per heavy atom. The average molecular weight is 621 g/mol. The van der Waals surface area contributed by atoms with Gasteiger partial charge in [-0.2, -0.15) is 0 Å². The highest BCUT2D eigenvalue weighted by atomic mass is 32.2. The Bertz CT molecular complexity index is 1290. The molecule has 0 radical (unpaired) electrons. The van der Waals surface area contributed by atoms with Crippen molar-refractivity contribution in [3.8, 4) is 16.9 Å². The number of hydroxylamine groups is 1. The molecule has 1 N–H and O–H groups in total. The number of piperidine rings is 1. The van der Waals surface area contributed by atoms with Crippen molar-refractivity contribution in [2.45, 2.75) is 60.9 Å². The van der Waals surface area contributed by atoms with Gasteiger partial charge in [-0.1, -0.05) is 54.6 Å². The fraction of sp³-hybridized carbons (Fsp3) is 0.457. The van der Waals surface area contributed by atoms with Gasteiger partial charge in [0.15, 0.2) is 11.2 Å². The Morgan fingerprint density at radius 3 is 2.50 bits per heavy atom. The minimum Gasteiger partial charge on any atom is -0.611 e. The highest BCUT2D eigenvalue weighted by Gasteiger charge is 2.53. The molecule has 9 heteroatoms. The number of hydrogen-bond donors (Lipinski definition) is 1. The van der Waals surface area contributed by atoms with E-state index < -0.39 is 22.2 Å². The molecule has 0 aromatic heterocycles. The van der Waals surface area contributed by atoms with Crippen LogP contribution in [0, 0.1) is 0 Å². The highest BCUT2D eigenvalue weighted by molar-refractivity contribution is 7.93. The van der Waals surface area contributed by atoms with Gasteiger partial charge in [-0.15, -0.1) is 0 Å². The second-order valence-electron chi connectivity index (χ2n) is 11.4. The van der Waals surface area contributed by atoms with E-state index in [2.05, 4.69) is 58.9 Å². The predicted octanol–water partition coefficient (Wildman–Crippen LogP) is 5.53. The van der Waals surface area contributed by atoms with Crippen molar-refractivity contribution < 1.29 is 28.4 Å². The monoisotopic (exact) mass is 620 g/mol. The van der Waals surface area contributed by atoms with Gasteiger partial charge < -0.3 is 23.7 Å². The molecular formula is C35H44N2O6S. The van der Waals surface area contributed by atoms with Gasteiger partial charge in [-0.25, -0.2) is 10.3 Å². The zero-order valence-electron chi connectivity index (χ0n) is 25.6. The first-order chi connectivity index (χ1) is 21.6. The molecule has 0 aliphatic carbocycles. The van der Waals surface area contributed by atoms with Crippen molar-refractivity contribution in [3.63, 3.8) is 0 Å². The van der Waals surface area contributed by atoms with Gasteiger partial charge in [0.2, 0.25) is 4.75 Å². The predicted molar refractivity (Wildman–Crippen MR) is 172 cm³/mol. The number of carbonyl (C=O) groups is 1. The lowest BCUT2D eigenvalue weighted by Crippen LogP contribution is -2.58. The largest absolute Gasteiger partial charge is 0.611 e. The van der Waals surface area contributed by atoms with Crippen LogP contribution in [0.3, 0.4) is 0 Å². The van der Waals surface area contributed by atoms with E-state index in [9.17, 15) is 9.35 Å². The van der Waals surface area contributed by atoms with Crippen molar-refractivity contribution in [1.82, 2.24) is 10.4 Å². The maximum atomic E-state index is 14.1. The summed E-state index contributed by atoms with van der Waals surface area (Å²) in [7, 11) is 1.68. The molecule has 8 nitrogen and oxygen atoms in total. The molecule has 3 aromatic rings. The number of carbonyl (C=O) groups excluding carboxylic acids is 1. The second kappa shape index (κ2) is 16.4. The molecule has 236 valence electrons. The molecule has 2 aliphatic rings. The van der Waals surface area contributed by atoms with Crippen LogP contribution in [0.2, 0.25) is 0 Å². The molecule has 1 amide bonds. The van der Waals surface area contributed by atoms with Crippen LogP contribution in [0.25, 0.3) is 11.1 Å². The normalized spacial score (nSPS) is 19.3. The maximum absolute atomic E-state index is 14.1. The molecule has 2 saturated heterocycles. The Balaban J connectivity index is 1.16. The third-order valence-corrected chi connectivity index (χ3v) is 10.4. The van der Waals surface area contributed by atoms with Crippen LogP contribution in [-0.4, -0.2) is 73.0 Å². The zero-order valence-corrected chi connectivity index (χ0v) is 26.4. The average Bonchev–Trinajstić information content (AvgIpc) is 3.09. The molecule has 3 aromatic carbocycles. The van der Waals surface area contributed by atoms with Crippen LogP contribution in [0.15, 0.2) is 83.8 Å². The van der Waals surface area contributed by atoms with E-state index >= 15 is 0 Å². The molecule has 0 saturated carbocycles. The molecule has 5 rings (SSSR count). The fourth-order valence-electron chi connectivity index (χ4n) is 5.76. The summed E-state index contributed by atoms with van der Waals surface area (Å²) in [6, 6.07) is 26.3. The molecule has 44 heavy (non-hydrogen) atoms. The minimum atomic E-state index is -1.59. The van der Waals surface area contributed by atoms with Crippen LogP contribution < -0.4 is 10.2 Å². The van der Waals surface area contributed by atoms with E-state index in [1.807, 2.05) is 30.3 Å². The summed E-state index contributed by atoms with van der Waals surface area (Å²) in [6.07, 6.45) is 4.92. The van der Waals surface area contributed by atoms with Crippen LogP contribution in [0.5, 0.6) is 5.75 Å². The number of ether oxygens (including phenoxy) is 3. The molecule has 2 atom stereocenters. The van der Waals surface area contributed by atoms with Gasteiger partial charge in [-0.05, 0) is 66.6 Å². The number of hydrogen-bond acceptors (Lipinski definition) is 7. The lowest BCUT2D eigenvalue weighted by Gasteiger charge is -2.40. The zero-order chi connectivity index (χ0) is 30.6. The summed E-state index contributed by atoms with van der Waals surface area (Å²) in [4.78, 5) is 22.1. The first kappa shape index (κ1) is 32.5. The van der Waals surface area contributed by atoms with Crippen LogP contribution in [-0.2, 0) is 36.7 Å². The maximum Gasteiger partial charge on any atom is 0.300 e. The molecular weight excluding hydrogens is 576 g/mol. The quantitative estimate of drug-likeness (QED) is 0.144. The van der Waals surface area contributed by atoms with E-state index in [1.165, 1.54) is 16.7 Å². The van der Waals surface area contributed by atoms with Crippen LogP contribution in [0.1, 0.15) is 44.1 Å². The van der Waals surface area contributed by atoms with Gasteiger partial charge in [0.1, 0.15) is 5.75 Å². The van der Waals surface area contributed by atoms with Gasteiger partial charge in [0, 0.05) is 63.8 Å². The van der Waals surface area contributed by atoms with Gasteiger partial charge in [-0.3, -0.25) is 4.79 Å². The molecule has 2 heterocycles. The molecule has 2 unspecified atom stereocenters. The topological polar surface area (TPSA) is 92.3 Å². The van der Waals surface area contributed by atoms with Crippen molar-refractivity contribution in [3.05, 3.63) is 84.4 Å². The smallest absolute Gasteiger partial charge is 0.300 e. The lowest BCUT2D eigenvalue weighted by atomic mass is 9.95. The Morgan fingerprint density at radius 2 is 1.77 bits per heavy atom. The highest BCUT2D eigenvalue weighted by Crippen LogP contribution is 2.37. The minimum absolute atomic E-state index is 0.354. The van der Waals surface area contributed by atoms with Crippen LogP contribution >= 0.6 is 0 Å². The van der Waals surface area contributed by atoms with E-state index in [1.54, 1.807) is 7.11 Å². The van der Waals surface area contributed by atoms with Crippen molar-refractivity contribution >= 4 is 17.1 Å². The number of aryl methyl sites for hydroxylation is 1. The standard InChI is InChI=1S/C35H44N2O6S/c1-40-26-23-37-21-19-35(20-22-37,34(38)36-43-33-14-5-6-24-42-33)44(39)32-17-15-31(16-18-32)41-25-8-10-28-9-7-13-30(27-28)29-11-3-2-4-12-29/h2-4,7,9,11-13,15-18,27,33H,5-6,8,10,14,19-26H2,1H3,(H,36,38). The Labute approximate surface area is 264 Å². The number of rotatable bonds is 14. The van der Waals surface area contributed by atoms with E-state index in [4.69, 9.17) is 19.0 Å². The summed E-state index contributed by atoms with van der Waals surface area (Å²) in [5.74, 6) is 0.363. The Kier molecular flexibility index (Phi) is 12.1. The van der Waals surface area contributed by atoms with Gasteiger partial charge >= 0.3 is 0 Å². The number of nitrogens with zero attached hydrogens (tertiary/aromatic N) is 1. The van der Waals surface area contributed by atoms with Crippen molar-refractivity contribution in [2.24, 2.45) is 0 Å². The number of nitrogens with one attached hydrogen (secondary N) is 1. The third-order valence-electron chi connectivity index (χ3n) is 8.42.